The van der Waals surface area contributed by atoms with Crippen LogP contribution in [0.5, 0.6) is 5.75 Å². The largest absolute Gasteiger partial charge is 0.484 e. The van der Waals surface area contributed by atoms with Gasteiger partial charge >= 0.3 is 0 Å². The van der Waals surface area contributed by atoms with Crippen molar-refractivity contribution in [1.82, 2.24) is 15.8 Å². The van der Waals surface area contributed by atoms with Crippen molar-refractivity contribution >= 4 is 23.6 Å². The summed E-state index contributed by atoms with van der Waals surface area (Å²) >= 11 is 0. The van der Waals surface area contributed by atoms with Crippen LogP contribution in [0.3, 0.4) is 0 Å². The van der Waals surface area contributed by atoms with E-state index in [0.29, 0.717) is 16.9 Å². The van der Waals surface area contributed by atoms with Gasteiger partial charge in [0.25, 0.3) is 17.7 Å². The Bertz CT molecular complexity index is 910. The second-order valence-electron chi connectivity index (χ2n) is 6.25. The summed E-state index contributed by atoms with van der Waals surface area (Å²) in [6.07, 6.45) is 0.256. The summed E-state index contributed by atoms with van der Waals surface area (Å²) in [7, 11) is 0. The molecule has 0 bridgehead atoms. The van der Waals surface area contributed by atoms with Crippen LogP contribution in [0, 0.1) is 5.82 Å². The number of carbonyl (C=O) groups is 4. The predicted octanol–water partition coefficient (Wildman–Crippen LogP) is 1.43. The first-order valence-corrected chi connectivity index (χ1v) is 8.87. The molecule has 0 radical (unpaired) electrons. The molecule has 0 saturated heterocycles. The SMILES string of the molecule is O=C(CCCN1C(=O)c2ccccc2C1=O)NNC(=O)COc1ccc(F)cc1. The molecule has 0 aromatic heterocycles. The van der Waals surface area contributed by atoms with E-state index in [4.69, 9.17) is 4.74 Å². The average molecular weight is 399 g/mol. The van der Waals surface area contributed by atoms with Gasteiger partial charge in [0.2, 0.25) is 5.91 Å². The highest BCUT2D eigenvalue weighted by Gasteiger charge is 2.34. The van der Waals surface area contributed by atoms with E-state index in [1.54, 1.807) is 24.3 Å². The van der Waals surface area contributed by atoms with E-state index in [9.17, 15) is 23.6 Å². The zero-order valence-corrected chi connectivity index (χ0v) is 15.3. The summed E-state index contributed by atoms with van der Waals surface area (Å²) in [5.74, 6) is -1.93. The number of hydrogen-bond acceptors (Lipinski definition) is 5. The molecule has 9 heteroatoms. The Labute approximate surface area is 165 Å². The van der Waals surface area contributed by atoms with Crippen LogP contribution in [0.2, 0.25) is 0 Å². The molecule has 1 heterocycles. The minimum atomic E-state index is -0.594. The number of imide groups is 1. The fraction of sp³-hybridized carbons (Fsp3) is 0.200. The van der Waals surface area contributed by atoms with Crippen molar-refractivity contribution in [2.75, 3.05) is 13.2 Å². The zero-order valence-electron chi connectivity index (χ0n) is 15.3. The highest BCUT2D eigenvalue weighted by molar-refractivity contribution is 6.21. The Hall–Kier alpha value is -3.75. The number of nitrogens with one attached hydrogen (secondary N) is 2. The molecule has 2 aromatic carbocycles. The normalized spacial score (nSPS) is 12.5. The molecule has 8 nitrogen and oxygen atoms in total. The lowest BCUT2D eigenvalue weighted by Gasteiger charge is -2.13. The number of hydrazine groups is 1. The Kier molecular flexibility index (Phi) is 6.18. The Morgan fingerprint density at radius 1 is 0.897 bits per heavy atom. The van der Waals surface area contributed by atoms with Gasteiger partial charge in [-0.25, -0.2) is 4.39 Å². The lowest BCUT2D eigenvalue weighted by Crippen LogP contribution is -2.44. The van der Waals surface area contributed by atoms with Gasteiger partial charge in [0.1, 0.15) is 11.6 Å². The average Bonchev–Trinajstić information content (AvgIpc) is 2.97. The highest BCUT2D eigenvalue weighted by Crippen LogP contribution is 2.22. The number of rotatable bonds is 7. The maximum absolute atomic E-state index is 12.8. The van der Waals surface area contributed by atoms with Crippen molar-refractivity contribution in [3.8, 4) is 5.75 Å². The number of benzene rings is 2. The molecule has 0 unspecified atom stereocenters. The molecule has 2 aromatic rings. The van der Waals surface area contributed by atoms with Gasteiger partial charge in [-0.15, -0.1) is 0 Å². The molecule has 3 rings (SSSR count). The van der Waals surface area contributed by atoms with Gasteiger partial charge in [-0.05, 0) is 42.8 Å². The van der Waals surface area contributed by atoms with Gasteiger partial charge in [-0.2, -0.15) is 0 Å². The van der Waals surface area contributed by atoms with Gasteiger partial charge < -0.3 is 4.74 Å². The Morgan fingerprint density at radius 3 is 2.10 bits per heavy atom. The molecule has 2 N–H and O–H groups in total. The van der Waals surface area contributed by atoms with Gasteiger partial charge in [0.15, 0.2) is 6.61 Å². The molecule has 0 spiro atoms. The van der Waals surface area contributed by atoms with E-state index in [1.807, 2.05) is 0 Å². The standard InChI is InChI=1S/C20H18FN3O5/c21-13-7-9-14(10-8-13)29-12-18(26)23-22-17(25)6-3-11-24-19(27)15-4-1-2-5-16(15)20(24)28/h1-2,4-5,7-10H,3,6,11-12H2,(H,22,25)(H,23,26). The van der Waals surface area contributed by atoms with E-state index in [0.717, 1.165) is 4.90 Å². The first-order valence-electron chi connectivity index (χ1n) is 8.87. The van der Waals surface area contributed by atoms with Crippen LogP contribution in [-0.2, 0) is 9.59 Å². The Morgan fingerprint density at radius 2 is 1.48 bits per heavy atom. The molecule has 1 aliphatic rings. The second kappa shape index (κ2) is 8.96. The van der Waals surface area contributed by atoms with Crippen molar-refractivity contribution in [3.05, 3.63) is 65.5 Å². The molecular formula is C20H18FN3O5. The van der Waals surface area contributed by atoms with Crippen LogP contribution in [0.4, 0.5) is 4.39 Å². The fourth-order valence-corrected chi connectivity index (χ4v) is 2.76. The van der Waals surface area contributed by atoms with Crippen molar-refractivity contribution in [3.63, 3.8) is 0 Å². The van der Waals surface area contributed by atoms with Crippen LogP contribution in [-0.4, -0.2) is 41.7 Å². The fourth-order valence-electron chi connectivity index (χ4n) is 2.76. The first kappa shape index (κ1) is 20.0. The summed E-state index contributed by atoms with van der Waals surface area (Å²) in [5, 5.41) is 0. The van der Waals surface area contributed by atoms with Crippen molar-refractivity contribution in [2.45, 2.75) is 12.8 Å². The minimum absolute atomic E-state index is 0.00645. The number of nitrogens with zero attached hydrogens (tertiary/aromatic N) is 1. The number of ether oxygens (including phenoxy) is 1. The maximum Gasteiger partial charge on any atom is 0.276 e. The van der Waals surface area contributed by atoms with Crippen molar-refractivity contribution in [2.24, 2.45) is 0 Å². The quantitative estimate of drug-likeness (QED) is 0.541. The number of fused-ring (bicyclic) bond motifs is 1. The Balaban J connectivity index is 1.35. The number of amides is 4. The van der Waals surface area contributed by atoms with E-state index in [2.05, 4.69) is 10.9 Å². The molecule has 0 aliphatic carbocycles. The molecule has 0 saturated carbocycles. The van der Waals surface area contributed by atoms with Crippen LogP contribution in [0.25, 0.3) is 0 Å². The number of halogens is 1. The smallest absolute Gasteiger partial charge is 0.276 e. The van der Waals surface area contributed by atoms with Crippen LogP contribution >= 0.6 is 0 Å². The summed E-state index contributed by atoms with van der Waals surface area (Å²) in [6, 6.07) is 11.7. The number of carbonyl (C=O) groups excluding carboxylic acids is 4. The maximum atomic E-state index is 12.8. The zero-order chi connectivity index (χ0) is 20.8. The summed E-state index contributed by atoms with van der Waals surface area (Å²) in [6.45, 7) is -0.262. The molecule has 150 valence electrons. The van der Waals surface area contributed by atoms with Crippen LogP contribution in [0.1, 0.15) is 33.6 Å². The van der Waals surface area contributed by atoms with Crippen molar-refractivity contribution < 1.29 is 28.3 Å². The van der Waals surface area contributed by atoms with E-state index < -0.39 is 17.6 Å². The van der Waals surface area contributed by atoms with Crippen LogP contribution in [0.15, 0.2) is 48.5 Å². The molecule has 1 aliphatic heterocycles. The molecule has 0 atom stereocenters. The molecular weight excluding hydrogens is 381 g/mol. The van der Waals surface area contributed by atoms with Gasteiger partial charge in [0, 0.05) is 13.0 Å². The van der Waals surface area contributed by atoms with Gasteiger partial charge in [-0.3, -0.25) is 34.9 Å². The third kappa shape index (κ3) is 4.95. The summed E-state index contributed by atoms with van der Waals surface area (Å²) < 4.78 is 17.9. The van der Waals surface area contributed by atoms with E-state index in [-0.39, 0.29) is 37.8 Å². The molecule has 29 heavy (non-hydrogen) atoms. The van der Waals surface area contributed by atoms with E-state index in [1.165, 1.54) is 24.3 Å². The van der Waals surface area contributed by atoms with Gasteiger partial charge in [0.05, 0.1) is 11.1 Å². The molecule has 4 amide bonds. The topological polar surface area (TPSA) is 105 Å². The van der Waals surface area contributed by atoms with Gasteiger partial charge in [-0.1, -0.05) is 12.1 Å². The highest BCUT2D eigenvalue weighted by atomic mass is 19.1. The lowest BCUT2D eigenvalue weighted by molar-refractivity contribution is -0.130. The first-order chi connectivity index (χ1) is 14.0. The minimum Gasteiger partial charge on any atom is -0.484 e. The predicted molar refractivity (Wildman–Crippen MR) is 99.2 cm³/mol. The third-order valence-electron chi connectivity index (χ3n) is 4.19. The molecule has 0 fully saturated rings. The second-order valence-corrected chi connectivity index (χ2v) is 6.25. The number of hydrogen-bond donors (Lipinski definition) is 2. The van der Waals surface area contributed by atoms with Crippen LogP contribution < -0.4 is 15.6 Å². The van der Waals surface area contributed by atoms with Crippen molar-refractivity contribution in [1.29, 1.82) is 0 Å². The summed E-state index contributed by atoms with van der Waals surface area (Å²) in [5.41, 5.74) is 5.13. The third-order valence-corrected chi connectivity index (χ3v) is 4.19. The summed E-state index contributed by atoms with van der Waals surface area (Å²) in [4.78, 5) is 49.0. The lowest BCUT2D eigenvalue weighted by atomic mass is 10.1. The monoisotopic (exact) mass is 399 g/mol. The van der Waals surface area contributed by atoms with E-state index >= 15 is 0 Å².